The lowest BCUT2D eigenvalue weighted by Crippen LogP contribution is -2.75. The van der Waals surface area contributed by atoms with Gasteiger partial charge in [0.05, 0.1) is 6.10 Å². The number of hydrogen-bond donors (Lipinski definition) is 3. The number of aliphatic hydroxyl groups excluding tert-OH is 1. The van der Waals surface area contributed by atoms with E-state index < -0.39 is 5.54 Å². The van der Waals surface area contributed by atoms with Crippen molar-refractivity contribution in [3.63, 3.8) is 0 Å². The molecule has 0 aromatic rings. The average molecular weight is 314 g/mol. The summed E-state index contributed by atoms with van der Waals surface area (Å²) in [5, 5.41) is 12.2. The Labute approximate surface area is 135 Å². The highest BCUT2D eigenvalue weighted by atomic mass is 16.5. The fourth-order valence-electron chi connectivity index (χ4n) is 3.37. The highest BCUT2D eigenvalue weighted by Gasteiger charge is 2.62. The van der Waals surface area contributed by atoms with E-state index in [-0.39, 0.29) is 24.0 Å². The van der Waals surface area contributed by atoms with E-state index in [0.717, 1.165) is 6.42 Å². The van der Waals surface area contributed by atoms with Crippen molar-refractivity contribution in [3.05, 3.63) is 0 Å². The van der Waals surface area contributed by atoms with Gasteiger partial charge in [-0.2, -0.15) is 0 Å². The molecule has 0 bridgehead atoms. The molecule has 0 aliphatic heterocycles. The van der Waals surface area contributed by atoms with Crippen LogP contribution in [-0.2, 0) is 9.53 Å². The van der Waals surface area contributed by atoms with E-state index >= 15 is 0 Å². The van der Waals surface area contributed by atoms with Gasteiger partial charge in [-0.15, -0.1) is 0 Å². The second kappa shape index (κ2) is 7.75. The maximum Gasteiger partial charge on any atom is 0.240 e. The molecule has 0 aromatic heterocycles. The summed E-state index contributed by atoms with van der Waals surface area (Å²) >= 11 is 0. The molecule has 1 amide bonds. The molecule has 5 heteroatoms. The van der Waals surface area contributed by atoms with Crippen LogP contribution in [0.25, 0.3) is 0 Å². The van der Waals surface area contributed by atoms with Crippen molar-refractivity contribution in [2.24, 2.45) is 23.0 Å². The molecule has 1 rings (SSSR count). The van der Waals surface area contributed by atoms with E-state index in [4.69, 9.17) is 15.6 Å². The van der Waals surface area contributed by atoms with Crippen LogP contribution in [0.3, 0.4) is 0 Å². The average Bonchev–Trinajstić information content (AvgIpc) is 2.43. The van der Waals surface area contributed by atoms with Crippen LogP contribution in [0.4, 0.5) is 0 Å². The Kier molecular flexibility index (Phi) is 6.84. The van der Waals surface area contributed by atoms with Crippen LogP contribution >= 0.6 is 0 Å². The van der Waals surface area contributed by atoms with E-state index in [0.29, 0.717) is 37.8 Å². The normalized spacial score (nSPS) is 28.3. The number of ether oxygens (including phenoxy) is 1. The second-order valence-corrected chi connectivity index (χ2v) is 7.56. The van der Waals surface area contributed by atoms with Crippen LogP contribution < -0.4 is 11.1 Å². The lowest BCUT2D eigenvalue weighted by atomic mass is 9.54. The molecule has 0 radical (unpaired) electrons. The zero-order valence-corrected chi connectivity index (χ0v) is 14.8. The summed E-state index contributed by atoms with van der Waals surface area (Å²) in [5.74, 6) is 0.742. The molecular weight excluding hydrogens is 280 g/mol. The summed E-state index contributed by atoms with van der Waals surface area (Å²) in [6.45, 7) is 11.6. The zero-order valence-electron chi connectivity index (χ0n) is 14.8. The van der Waals surface area contributed by atoms with E-state index in [1.165, 1.54) is 0 Å². The molecule has 130 valence electrons. The van der Waals surface area contributed by atoms with Gasteiger partial charge >= 0.3 is 0 Å². The fraction of sp³-hybridized carbons (Fsp3) is 0.941. The van der Waals surface area contributed by atoms with E-state index in [1.54, 1.807) is 0 Å². The topological polar surface area (TPSA) is 84.6 Å². The summed E-state index contributed by atoms with van der Waals surface area (Å²) in [7, 11) is 0. The SMILES string of the molecule is CCOC1CC(N)(C(=O)NCC(CCO)CC(C)C)C1(C)C. The molecular formula is C17H34N2O3. The lowest BCUT2D eigenvalue weighted by molar-refractivity contribution is -0.170. The van der Waals surface area contributed by atoms with Gasteiger partial charge in [0, 0.05) is 31.6 Å². The van der Waals surface area contributed by atoms with Crippen molar-refractivity contribution < 1.29 is 14.6 Å². The van der Waals surface area contributed by atoms with Crippen molar-refractivity contribution in [2.75, 3.05) is 19.8 Å². The number of aliphatic hydroxyl groups is 1. The van der Waals surface area contributed by atoms with E-state index in [1.807, 2.05) is 20.8 Å². The summed E-state index contributed by atoms with van der Waals surface area (Å²) in [5.41, 5.74) is 5.13. The largest absolute Gasteiger partial charge is 0.396 e. The highest BCUT2D eigenvalue weighted by molar-refractivity contribution is 5.88. The standard InChI is InChI=1S/C17H34N2O3/c1-6-22-14-10-17(18,16(14,4)5)15(21)19-11-13(7-8-20)9-12(2)3/h12-14,20H,6-11,18H2,1-5H3,(H,19,21). The van der Waals surface area contributed by atoms with Gasteiger partial charge in [-0.3, -0.25) is 4.79 Å². The molecule has 0 heterocycles. The summed E-state index contributed by atoms with van der Waals surface area (Å²) in [6.07, 6.45) is 2.30. The number of carbonyl (C=O) groups is 1. The minimum Gasteiger partial charge on any atom is -0.396 e. The minimum absolute atomic E-state index is 0.0390. The Morgan fingerprint density at radius 1 is 1.45 bits per heavy atom. The lowest BCUT2D eigenvalue weighted by Gasteiger charge is -2.57. The van der Waals surface area contributed by atoms with Crippen molar-refractivity contribution in [2.45, 2.75) is 65.5 Å². The minimum atomic E-state index is -0.867. The fourth-order valence-corrected chi connectivity index (χ4v) is 3.37. The Morgan fingerprint density at radius 2 is 2.09 bits per heavy atom. The predicted octanol–water partition coefficient (Wildman–Crippen LogP) is 1.68. The van der Waals surface area contributed by atoms with Crippen LogP contribution in [0.15, 0.2) is 0 Å². The first-order valence-corrected chi connectivity index (χ1v) is 8.48. The van der Waals surface area contributed by atoms with Gasteiger partial charge in [0.2, 0.25) is 5.91 Å². The van der Waals surface area contributed by atoms with Gasteiger partial charge in [0.1, 0.15) is 5.54 Å². The first-order chi connectivity index (χ1) is 10.2. The van der Waals surface area contributed by atoms with Gasteiger partial charge in [-0.05, 0) is 31.6 Å². The van der Waals surface area contributed by atoms with Crippen LogP contribution in [0, 0.1) is 17.3 Å². The monoisotopic (exact) mass is 314 g/mol. The molecule has 3 atom stereocenters. The number of rotatable bonds is 9. The van der Waals surface area contributed by atoms with Gasteiger partial charge in [0.25, 0.3) is 0 Å². The smallest absolute Gasteiger partial charge is 0.240 e. The number of amides is 1. The third-order valence-corrected chi connectivity index (χ3v) is 5.13. The van der Waals surface area contributed by atoms with E-state index in [2.05, 4.69) is 19.2 Å². The Balaban J connectivity index is 2.57. The molecule has 1 fully saturated rings. The number of nitrogens with two attached hydrogens (primary N) is 1. The Hall–Kier alpha value is -0.650. The summed E-state index contributed by atoms with van der Waals surface area (Å²) in [6, 6.07) is 0. The first kappa shape index (κ1) is 19.4. The van der Waals surface area contributed by atoms with Gasteiger partial charge in [-0.1, -0.05) is 27.7 Å². The molecule has 1 aliphatic carbocycles. The molecule has 0 aromatic carbocycles. The van der Waals surface area contributed by atoms with Crippen LogP contribution in [-0.4, -0.2) is 42.4 Å². The van der Waals surface area contributed by atoms with Crippen molar-refractivity contribution in [1.82, 2.24) is 5.32 Å². The molecule has 0 saturated heterocycles. The van der Waals surface area contributed by atoms with Crippen molar-refractivity contribution >= 4 is 5.91 Å². The number of nitrogens with one attached hydrogen (secondary N) is 1. The van der Waals surface area contributed by atoms with Gasteiger partial charge in [0.15, 0.2) is 0 Å². The molecule has 5 nitrogen and oxygen atoms in total. The van der Waals surface area contributed by atoms with Crippen molar-refractivity contribution in [3.8, 4) is 0 Å². The van der Waals surface area contributed by atoms with Crippen LogP contribution in [0.5, 0.6) is 0 Å². The molecule has 0 spiro atoms. The van der Waals surface area contributed by atoms with Gasteiger partial charge < -0.3 is 20.9 Å². The van der Waals surface area contributed by atoms with Gasteiger partial charge in [-0.25, -0.2) is 0 Å². The zero-order chi connectivity index (χ0) is 17.0. The highest BCUT2D eigenvalue weighted by Crippen LogP contribution is 2.49. The maximum absolute atomic E-state index is 12.6. The van der Waals surface area contributed by atoms with E-state index in [9.17, 15) is 4.79 Å². The van der Waals surface area contributed by atoms with Crippen molar-refractivity contribution in [1.29, 1.82) is 0 Å². The molecule has 3 unspecified atom stereocenters. The Bertz CT molecular complexity index is 371. The second-order valence-electron chi connectivity index (χ2n) is 7.56. The maximum atomic E-state index is 12.6. The summed E-state index contributed by atoms with van der Waals surface area (Å²) < 4.78 is 5.66. The molecule has 1 saturated carbocycles. The third-order valence-electron chi connectivity index (χ3n) is 5.13. The molecule has 4 N–H and O–H groups in total. The number of hydrogen-bond acceptors (Lipinski definition) is 4. The Morgan fingerprint density at radius 3 is 2.55 bits per heavy atom. The quantitative estimate of drug-likeness (QED) is 0.604. The van der Waals surface area contributed by atoms with Crippen LogP contribution in [0.1, 0.15) is 53.9 Å². The first-order valence-electron chi connectivity index (χ1n) is 8.48. The molecule has 1 aliphatic rings. The molecule has 22 heavy (non-hydrogen) atoms. The van der Waals surface area contributed by atoms with Crippen LogP contribution in [0.2, 0.25) is 0 Å². The third kappa shape index (κ3) is 4.00. The number of carbonyl (C=O) groups excluding carboxylic acids is 1. The summed E-state index contributed by atoms with van der Waals surface area (Å²) in [4.78, 5) is 12.6. The predicted molar refractivity (Wildman–Crippen MR) is 88.4 cm³/mol.